The summed E-state index contributed by atoms with van der Waals surface area (Å²) in [5, 5.41) is 8.82. The van der Waals surface area contributed by atoms with Crippen LogP contribution in [0.4, 0.5) is 0 Å². The van der Waals surface area contributed by atoms with Crippen molar-refractivity contribution in [3.63, 3.8) is 0 Å². The normalized spacial score (nSPS) is 10.3. The second-order valence-corrected chi connectivity index (χ2v) is 4.74. The van der Waals surface area contributed by atoms with Crippen molar-refractivity contribution >= 4 is 17.3 Å². The highest BCUT2D eigenvalue weighted by Crippen LogP contribution is 2.22. The van der Waals surface area contributed by atoms with Crippen molar-refractivity contribution in [2.45, 2.75) is 26.4 Å². The molecule has 88 valence electrons. The number of rotatable bonds is 7. The monoisotopic (exact) mass is 240 g/mol. The van der Waals surface area contributed by atoms with E-state index in [-0.39, 0.29) is 0 Å². The molecule has 0 atom stereocenters. The SMILES string of the molecule is C=CCCCOCc1cc(C(=O)O)sc1C. The molecule has 0 radical (unpaired) electrons. The van der Waals surface area contributed by atoms with Gasteiger partial charge in [0.1, 0.15) is 4.88 Å². The van der Waals surface area contributed by atoms with Crippen molar-refractivity contribution in [3.8, 4) is 0 Å². The summed E-state index contributed by atoms with van der Waals surface area (Å²) in [5.41, 5.74) is 0.973. The summed E-state index contributed by atoms with van der Waals surface area (Å²) in [6.45, 7) is 6.73. The zero-order chi connectivity index (χ0) is 12.0. The van der Waals surface area contributed by atoms with Crippen molar-refractivity contribution in [2.24, 2.45) is 0 Å². The smallest absolute Gasteiger partial charge is 0.345 e. The van der Waals surface area contributed by atoms with E-state index in [1.165, 1.54) is 11.3 Å². The number of hydrogen-bond acceptors (Lipinski definition) is 3. The van der Waals surface area contributed by atoms with Crippen LogP contribution in [0.3, 0.4) is 0 Å². The fourth-order valence-electron chi connectivity index (χ4n) is 1.28. The van der Waals surface area contributed by atoms with E-state index in [4.69, 9.17) is 9.84 Å². The Bertz CT molecular complexity index is 368. The minimum absolute atomic E-state index is 0.377. The van der Waals surface area contributed by atoms with Crippen LogP contribution in [0.15, 0.2) is 18.7 Å². The Morgan fingerprint density at radius 1 is 1.69 bits per heavy atom. The maximum absolute atomic E-state index is 10.7. The third-order valence-electron chi connectivity index (χ3n) is 2.19. The van der Waals surface area contributed by atoms with Crippen LogP contribution in [0.1, 0.15) is 33.0 Å². The summed E-state index contributed by atoms with van der Waals surface area (Å²) in [6.07, 6.45) is 3.77. The second kappa shape index (κ2) is 6.45. The van der Waals surface area contributed by atoms with Crippen molar-refractivity contribution in [1.29, 1.82) is 0 Å². The highest BCUT2D eigenvalue weighted by atomic mass is 32.1. The molecule has 0 unspecified atom stereocenters. The van der Waals surface area contributed by atoms with Gasteiger partial charge in [0.25, 0.3) is 0 Å². The number of allylic oxidation sites excluding steroid dienone is 1. The van der Waals surface area contributed by atoms with Gasteiger partial charge in [-0.3, -0.25) is 0 Å². The zero-order valence-electron chi connectivity index (χ0n) is 9.36. The molecule has 0 spiro atoms. The Kier molecular flexibility index (Phi) is 5.22. The Morgan fingerprint density at radius 3 is 3.00 bits per heavy atom. The summed E-state index contributed by atoms with van der Waals surface area (Å²) < 4.78 is 5.46. The van der Waals surface area contributed by atoms with Crippen LogP contribution in [0.5, 0.6) is 0 Å². The minimum Gasteiger partial charge on any atom is -0.477 e. The van der Waals surface area contributed by atoms with Crippen LogP contribution in [0.2, 0.25) is 0 Å². The van der Waals surface area contributed by atoms with Gasteiger partial charge in [0.15, 0.2) is 0 Å². The molecule has 1 N–H and O–H groups in total. The first-order valence-electron chi connectivity index (χ1n) is 5.16. The molecule has 3 nitrogen and oxygen atoms in total. The molecule has 0 aliphatic carbocycles. The van der Waals surface area contributed by atoms with Crippen LogP contribution in [0.25, 0.3) is 0 Å². The third-order valence-corrected chi connectivity index (χ3v) is 3.27. The van der Waals surface area contributed by atoms with Crippen LogP contribution >= 0.6 is 11.3 Å². The molecule has 0 aliphatic heterocycles. The molecular formula is C12H16O3S. The quantitative estimate of drug-likeness (QED) is 0.588. The average Bonchev–Trinajstić information content (AvgIpc) is 2.60. The van der Waals surface area contributed by atoms with Crippen LogP contribution in [0, 0.1) is 6.92 Å². The molecule has 4 heteroatoms. The van der Waals surface area contributed by atoms with Crippen molar-refractivity contribution in [3.05, 3.63) is 34.0 Å². The molecule has 16 heavy (non-hydrogen) atoms. The van der Waals surface area contributed by atoms with Crippen molar-refractivity contribution in [1.82, 2.24) is 0 Å². The summed E-state index contributed by atoms with van der Waals surface area (Å²) in [5.74, 6) is -0.869. The Hall–Kier alpha value is -1.13. The molecule has 0 bridgehead atoms. The highest BCUT2D eigenvalue weighted by Gasteiger charge is 2.10. The first-order chi connectivity index (χ1) is 7.65. The van der Waals surface area contributed by atoms with Gasteiger partial charge in [-0.1, -0.05) is 6.08 Å². The molecule has 0 amide bonds. The van der Waals surface area contributed by atoms with E-state index in [1.54, 1.807) is 6.07 Å². The van der Waals surface area contributed by atoms with Crippen LogP contribution < -0.4 is 0 Å². The predicted molar refractivity (Wildman–Crippen MR) is 65.1 cm³/mol. The topological polar surface area (TPSA) is 46.5 Å². The molecule has 1 aromatic rings. The summed E-state index contributed by atoms with van der Waals surface area (Å²) in [4.78, 5) is 12.1. The zero-order valence-corrected chi connectivity index (χ0v) is 10.2. The fourth-order valence-corrected chi connectivity index (χ4v) is 2.15. The standard InChI is InChI=1S/C12H16O3S/c1-3-4-5-6-15-8-10-7-11(12(13)14)16-9(10)2/h3,7H,1,4-6,8H2,2H3,(H,13,14). The van der Waals surface area contributed by atoms with E-state index in [1.807, 2.05) is 13.0 Å². The van der Waals surface area contributed by atoms with E-state index >= 15 is 0 Å². The maximum Gasteiger partial charge on any atom is 0.345 e. The van der Waals surface area contributed by atoms with E-state index in [9.17, 15) is 4.79 Å². The lowest BCUT2D eigenvalue weighted by Crippen LogP contribution is -1.95. The lowest BCUT2D eigenvalue weighted by Gasteiger charge is -2.02. The molecule has 0 aliphatic rings. The third kappa shape index (κ3) is 3.79. The molecule has 0 aromatic carbocycles. The number of ether oxygens (including phenoxy) is 1. The van der Waals surface area contributed by atoms with Gasteiger partial charge in [-0.2, -0.15) is 0 Å². The van der Waals surface area contributed by atoms with Gasteiger partial charge in [0.2, 0.25) is 0 Å². The van der Waals surface area contributed by atoms with Gasteiger partial charge in [-0.25, -0.2) is 4.79 Å². The Morgan fingerprint density at radius 2 is 2.44 bits per heavy atom. The first kappa shape index (κ1) is 12.9. The van der Waals surface area contributed by atoms with Gasteiger partial charge in [0, 0.05) is 11.5 Å². The van der Waals surface area contributed by atoms with Crippen LogP contribution in [-0.2, 0) is 11.3 Å². The van der Waals surface area contributed by atoms with Crippen LogP contribution in [-0.4, -0.2) is 17.7 Å². The largest absolute Gasteiger partial charge is 0.477 e. The van der Waals surface area contributed by atoms with E-state index < -0.39 is 5.97 Å². The van der Waals surface area contributed by atoms with Gasteiger partial charge < -0.3 is 9.84 Å². The summed E-state index contributed by atoms with van der Waals surface area (Å²) in [7, 11) is 0. The fraction of sp³-hybridized carbons (Fsp3) is 0.417. The average molecular weight is 240 g/mol. The van der Waals surface area contributed by atoms with E-state index in [2.05, 4.69) is 6.58 Å². The van der Waals surface area contributed by atoms with E-state index in [0.717, 1.165) is 23.3 Å². The van der Waals surface area contributed by atoms with Gasteiger partial charge >= 0.3 is 5.97 Å². The number of carboxylic acids is 1. The predicted octanol–water partition coefficient (Wildman–Crippen LogP) is 3.24. The molecule has 1 heterocycles. The Labute approximate surface area is 99.4 Å². The molecule has 1 rings (SSSR count). The Balaban J connectivity index is 2.41. The maximum atomic E-state index is 10.7. The van der Waals surface area contributed by atoms with Crippen molar-refractivity contribution < 1.29 is 14.6 Å². The number of unbranched alkanes of at least 4 members (excludes halogenated alkanes) is 1. The second-order valence-electron chi connectivity index (χ2n) is 3.48. The van der Waals surface area contributed by atoms with Gasteiger partial charge in [-0.15, -0.1) is 17.9 Å². The summed E-state index contributed by atoms with van der Waals surface area (Å²) in [6, 6.07) is 1.69. The lowest BCUT2D eigenvalue weighted by molar-refractivity contribution is 0.0702. The van der Waals surface area contributed by atoms with Crippen molar-refractivity contribution in [2.75, 3.05) is 6.61 Å². The number of thiophene rings is 1. The van der Waals surface area contributed by atoms with Gasteiger partial charge in [-0.05, 0) is 31.4 Å². The highest BCUT2D eigenvalue weighted by molar-refractivity contribution is 7.14. The lowest BCUT2D eigenvalue weighted by atomic mass is 10.2. The number of aryl methyl sites for hydroxylation is 1. The number of hydrogen-bond donors (Lipinski definition) is 1. The first-order valence-corrected chi connectivity index (χ1v) is 5.98. The molecule has 0 fully saturated rings. The van der Waals surface area contributed by atoms with Gasteiger partial charge in [0.05, 0.1) is 6.61 Å². The minimum atomic E-state index is -0.869. The molecule has 0 saturated carbocycles. The summed E-state index contributed by atoms with van der Waals surface area (Å²) >= 11 is 1.30. The van der Waals surface area contributed by atoms with E-state index in [0.29, 0.717) is 18.1 Å². The molecular weight excluding hydrogens is 224 g/mol. The molecule has 1 aromatic heterocycles. The number of carboxylic acid groups (broad SMARTS) is 1. The number of carbonyl (C=O) groups is 1. The molecule has 0 saturated heterocycles. The number of aromatic carboxylic acids is 1.